The number of benzene rings is 1. The van der Waals surface area contributed by atoms with Crippen LogP contribution in [0.15, 0.2) is 30.3 Å². The summed E-state index contributed by atoms with van der Waals surface area (Å²) in [7, 11) is 0. The molecule has 0 bridgehead atoms. The Kier molecular flexibility index (Phi) is 18.9. The van der Waals surface area contributed by atoms with E-state index in [1.807, 2.05) is 0 Å². The Morgan fingerprint density at radius 3 is 1.45 bits per heavy atom. The third-order valence-electron chi connectivity index (χ3n) is 31.5. The highest BCUT2D eigenvalue weighted by atomic mass is 19.0. The number of nitrogens with zero attached hydrogens (tertiary/aromatic N) is 1. The molecule has 4 saturated heterocycles. The maximum absolute atomic E-state index is 15.1. The Morgan fingerprint density at radius 1 is 0.608 bits per heavy atom. The monoisotopic (exact) mass is 1360 g/mol. The molecule has 14 aliphatic rings. The van der Waals surface area contributed by atoms with E-state index in [-0.39, 0.29) is 110 Å². The molecule has 4 heterocycles. The maximum atomic E-state index is 15.1. The molecule has 1 aromatic rings. The van der Waals surface area contributed by atoms with E-state index in [4.69, 9.17) is 37.9 Å². The zero-order valence-electron chi connectivity index (χ0n) is 61.2. The Balaban J connectivity index is 0.000000183. The van der Waals surface area contributed by atoms with E-state index in [0.717, 1.165) is 84.1 Å². The van der Waals surface area contributed by atoms with Crippen LogP contribution in [0.2, 0.25) is 0 Å². The van der Waals surface area contributed by atoms with Crippen LogP contribution in [-0.2, 0) is 63.6 Å². The Hall–Kier alpha value is -2.97. The van der Waals surface area contributed by atoms with Gasteiger partial charge in [0.25, 0.3) is 0 Å². The van der Waals surface area contributed by atoms with Crippen molar-refractivity contribution in [3.8, 4) is 0 Å². The number of carbonyl (C=O) groups is 4. The van der Waals surface area contributed by atoms with E-state index in [2.05, 4.69) is 110 Å². The van der Waals surface area contributed by atoms with Crippen molar-refractivity contribution in [3.63, 3.8) is 0 Å². The number of ketones is 2. The van der Waals surface area contributed by atoms with Crippen molar-refractivity contribution < 1.29 is 72.0 Å². The second-order valence-electron chi connectivity index (χ2n) is 37.3. The zero-order chi connectivity index (χ0) is 68.0. The molecule has 26 atom stereocenters. The first-order chi connectivity index (χ1) is 44.5. The number of hydrogen-bond donors (Lipinski definition) is 3. The van der Waals surface area contributed by atoms with E-state index >= 15 is 4.79 Å². The summed E-state index contributed by atoms with van der Waals surface area (Å²) in [5.74, 6) is 2.17. The molecule has 10 saturated carbocycles. The molecular weight excluding hydrogens is 1230 g/mol. The number of Topliss-reactive ketones (excluding diaryl/α,β-unsaturated/α-hetero) is 2. The third-order valence-corrected chi connectivity index (χ3v) is 31.5. The molecule has 10 aliphatic carbocycles. The minimum Gasteiger partial charge on any atom is -0.457 e. The second-order valence-corrected chi connectivity index (χ2v) is 37.3. The van der Waals surface area contributed by atoms with Gasteiger partial charge in [0.05, 0.1) is 48.8 Å². The lowest BCUT2D eigenvalue weighted by atomic mass is 9.41. The van der Waals surface area contributed by atoms with Crippen LogP contribution in [0, 0.1) is 101 Å². The lowest BCUT2D eigenvalue weighted by Crippen LogP contribution is -2.59. The molecule has 3 N–H and O–H groups in total. The van der Waals surface area contributed by atoms with Gasteiger partial charge in [-0.1, -0.05) is 107 Å². The van der Waals surface area contributed by atoms with Crippen LogP contribution in [-0.4, -0.2) is 151 Å². The van der Waals surface area contributed by atoms with Crippen molar-refractivity contribution in [1.82, 2.24) is 10.2 Å². The average Bonchev–Trinajstić information content (AvgIpc) is 1.47. The van der Waals surface area contributed by atoms with Crippen LogP contribution in [0.25, 0.3) is 0 Å². The number of carbonyl (C=O) groups excluding carboxylic acids is 4. The first kappa shape index (κ1) is 73.8. The largest absolute Gasteiger partial charge is 0.457 e. The molecule has 16 nitrogen and oxygen atoms in total. The Bertz CT molecular complexity index is 3130. The highest BCUT2D eigenvalue weighted by Crippen LogP contribution is 2.91. The van der Waals surface area contributed by atoms with E-state index in [0.29, 0.717) is 55.1 Å². The highest BCUT2D eigenvalue weighted by molar-refractivity contribution is 5.94. The minimum absolute atomic E-state index is 0. The van der Waals surface area contributed by atoms with Gasteiger partial charge in [0.2, 0.25) is 0 Å². The minimum atomic E-state index is -1.28. The molecule has 15 rings (SSSR count). The lowest BCUT2D eigenvalue weighted by Gasteiger charge is -2.62. The van der Waals surface area contributed by atoms with Crippen LogP contribution in [0.5, 0.6) is 0 Å². The number of hydrogen-bond acceptors (Lipinski definition) is 16. The summed E-state index contributed by atoms with van der Waals surface area (Å²) in [6, 6.07) is 10.7. The van der Waals surface area contributed by atoms with Gasteiger partial charge in [0.15, 0.2) is 36.4 Å². The van der Waals surface area contributed by atoms with Gasteiger partial charge in [0, 0.05) is 69.2 Å². The van der Waals surface area contributed by atoms with Gasteiger partial charge in [0.1, 0.15) is 12.2 Å². The summed E-state index contributed by atoms with van der Waals surface area (Å²) in [4.78, 5) is 56.6. The first-order valence-electron chi connectivity index (χ1n) is 37.7. The van der Waals surface area contributed by atoms with Crippen molar-refractivity contribution in [2.24, 2.45) is 101 Å². The molecule has 0 aromatic heterocycles. The molecule has 8 unspecified atom stereocenters. The summed E-state index contributed by atoms with van der Waals surface area (Å²) in [6.07, 6.45) is 13.4. The number of morpholine rings is 2. The fourth-order valence-electron chi connectivity index (χ4n) is 27.3. The lowest BCUT2D eigenvalue weighted by molar-refractivity contribution is -0.247. The number of nitrogens with one attached hydrogen (secondary N) is 1. The van der Waals surface area contributed by atoms with Crippen molar-refractivity contribution in [2.45, 2.75) is 300 Å². The average molecular weight is 1360 g/mol. The van der Waals surface area contributed by atoms with E-state index in [1.54, 1.807) is 27.7 Å². The maximum Gasteiger partial charge on any atom is 0.303 e. The standard InChI is InChI=1S/C43H63NO7.C36H57NO7.CH4.FH/c1-26-22-29(37(39(5,6)47)49-27(2)45)50-35-34(26)40(7)18-19-43-25-42(43)17-16-32(38(3,4)30(42)14-15-31(43)41(40,8)36(35)46)51-33-24-44(20-21-48-33)23-28-12-10-9-11-13-28;1-20-17-22(30(32(5,6)40)42-21(2)38)43-28-27(20)33(7)13-14-36-19-35(36)12-11-25(44-26-18-37-15-16-41-26)31(3,4)23(35)9-10-24(36)34(33,8)29(28)39;;/h9-13,26,29-35,37,47H,14-25H2,1-8H3;20,22-28,30,37,40H,9-19H2,1-8H3;1H4;1H/t26-,29?,30+,31?,32+,33?,34+,35?,37+,40-,41-,42-,43+;20-,22?,23+,24?,25+,26?,27+,28?,30+,33-,34-,35-,36+;;/m11../s1. The van der Waals surface area contributed by atoms with Gasteiger partial charge in [-0.25, -0.2) is 0 Å². The topological polar surface area (TPSA) is 198 Å². The zero-order valence-corrected chi connectivity index (χ0v) is 61.2. The van der Waals surface area contributed by atoms with Crippen molar-refractivity contribution >= 4 is 23.5 Å². The van der Waals surface area contributed by atoms with Crippen LogP contribution in [0.1, 0.15) is 227 Å². The summed E-state index contributed by atoms with van der Waals surface area (Å²) in [5, 5.41) is 25.4. The van der Waals surface area contributed by atoms with E-state index in [9.17, 15) is 24.6 Å². The molecular formula is C80H125FN2O14. The van der Waals surface area contributed by atoms with Crippen LogP contribution in [0.4, 0.5) is 4.70 Å². The molecule has 0 radical (unpaired) electrons. The summed E-state index contributed by atoms with van der Waals surface area (Å²) < 4.78 is 50.7. The normalized spacial score (nSPS) is 47.9. The third kappa shape index (κ3) is 10.8. The molecule has 17 heteroatoms. The van der Waals surface area contributed by atoms with Gasteiger partial charge in [-0.15, -0.1) is 0 Å². The van der Waals surface area contributed by atoms with Gasteiger partial charge < -0.3 is 53.4 Å². The Labute approximate surface area is 580 Å². The Morgan fingerprint density at radius 2 is 1.03 bits per heavy atom. The molecule has 546 valence electrons. The summed E-state index contributed by atoms with van der Waals surface area (Å²) >= 11 is 0. The fourth-order valence-corrected chi connectivity index (χ4v) is 27.3. The van der Waals surface area contributed by atoms with E-state index in [1.165, 1.54) is 57.9 Å². The summed E-state index contributed by atoms with van der Waals surface area (Å²) in [6.45, 7) is 38.8. The molecule has 1 aromatic carbocycles. The number of fused-ring (bicyclic) bond motifs is 8. The van der Waals surface area contributed by atoms with Crippen molar-refractivity contribution in [1.29, 1.82) is 0 Å². The van der Waals surface area contributed by atoms with Gasteiger partial charge >= 0.3 is 11.9 Å². The van der Waals surface area contributed by atoms with Crippen LogP contribution >= 0.6 is 0 Å². The number of halogens is 1. The number of ether oxygens (including phenoxy) is 8. The van der Waals surface area contributed by atoms with Crippen molar-refractivity contribution in [2.75, 3.05) is 39.4 Å². The first-order valence-corrected chi connectivity index (χ1v) is 37.7. The predicted octanol–water partition coefficient (Wildman–Crippen LogP) is 12.8. The quantitative estimate of drug-likeness (QED) is 0.167. The number of rotatable bonds is 12. The molecule has 4 spiro atoms. The van der Waals surface area contributed by atoms with Gasteiger partial charge in [-0.05, 0) is 215 Å². The van der Waals surface area contributed by atoms with Gasteiger partial charge in [-0.2, -0.15) is 0 Å². The van der Waals surface area contributed by atoms with Crippen LogP contribution in [0.3, 0.4) is 0 Å². The molecule has 97 heavy (non-hydrogen) atoms. The van der Waals surface area contributed by atoms with Crippen molar-refractivity contribution in [3.05, 3.63) is 35.9 Å². The summed E-state index contributed by atoms with van der Waals surface area (Å²) in [5.41, 5.74) is -1.42. The van der Waals surface area contributed by atoms with E-state index < -0.39 is 70.6 Å². The fraction of sp³-hybridized carbons (Fsp3) is 0.875. The van der Waals surface area contributed by atoms with Gasteiger partial charge in [-0.3, -0.25) is 28.8 Å². The SMILES string of the molecule is C.CC(=O)O[C@@H](C1C[C@@H](C)[C@H]2C(O1)C(=O)[C@@]1(C)C3CC[C@H]4C(C)(C)[C@@H](OC5CN(Cc6ccccc6)CCO5)CC[C@@]45C[C@@]35CC[C@]21C)C(C)(C)O.CC(=O)O[C@@H](C1C[C@@H](C)[C@H]2C(O1)C(=O)[C@@]1(C)C3CC[C@H]4C(C)(C)[C@@H](OC5CNCCO5)CC[C@@]45C[C@@]35CC[C@]21C)C(C)(C)O.F. The molecule has 14 fully saturated rings. The predicted molar refractivity (Wildman–Crippen MR) is 367 cm³/mol. The molecule has 4 aliphatic heterocycles. The number of esters is 2. The highest BCUT2D eigenvalue weighted by Gasteiger charge is 2.87. The second kappa shape index (κ2) is 24.9. The smallest absolute Gasteiger partial charge is 0.303 e. The van der Waals surface area contributed by atoms with Crippen LogP contribution < -0.4 is 5.32 Å². The molecule has 0 amide bonds. The number of aliphatic hydroxyl groups is 2.